The minimum Gasteiger partial charge on any atom is -0.283 e. The van der Waals surface area contributed by atoms with Gasteiger partial charge in [0.2, 0.25) is 0 Å². The Hall–Kier alpha value is -1.60. The summed E-state index contributed by atoms with van der Waals surface area (Å²) >= 11 is 0. The minimum absolute atomic E-state index is 0.813. The van der Waals surface area contributed by atoms with Gasteiger partial charge in [0.25, 0.3) is 0 Å². The van der Waals surface area contributed by atoms with Gasteiger partial charge in [-0.3, -0.25) is 4.57 Å². The van der Waals surface area contributed by atoms with Gasteiger partial charge in [-0.25, -0.2) is 0 Å². The number of aromatic nitrogens is 1. The van der Waals surface area contributed by atoms with Crippen LogP contribution in [0.5, 0.6) is 0 Å². The molecule has 0 bridgehead atoms. The van der Waals surface area contributed by atoms with Gasteiger partial charge in [-0.15, -0.1) is 6.42 Å². The highest BCUT2D eigenvalue weighted by Crippen LogP contribution is 1.95. The summed E-state index contributed by atoms with van der Waals surface area (Å²) < 4.78 is 1.58. The van der Waals surface area contributed by atoms with Crippen molar-refractivity contribution >= 4 is 0 Å². The van der Waals surface area contributed by atoms with Crippen molar-refractivity contribution in [2.45, 2.75) is 0 Å². The van der Waals surface area contributed by atoms with Crippen molar-refractivity contribution < 1.29 is 0 Å². The first-order valence-electron chi connectivity index (χ1n) is 2.48. The summed E-state index contributed by atoms with van der Waals surface area (Å²) in [5.74, 6) is 2.47. The SMILES string of the molecule is C#Cc1ccn(C#C)c1. The fourth-order valence-electron chi connectivity index (χ4n) is 0.562. The van der Waals surface area contributed by atoms with Gasteiger partial charge in [0.15, 0.2) is 0 Å². The monoisotopic (exact) mass is 115 g/mol. The fraction of sp³-hybridized carbons (Fsp3) is 0. The van der Waals surface area contributed by atoms with Crippen LogP contribution in [0, 0.1) is 24.8 Å². The summed E-state index contributed by atoms with van der Waals surface area (Å²) in [5, 5.41) is 0. The second-order valence-corrected chi connectivity index (χ2v) is 1.58. The van der Waals surface area contributed by atoms with Crippen LogP contribution >= 0.6 is 0 Å². The van der Waals surface area contributed by atoms with E-state index in [9.17, 15) is 0 Å². The molecule has 0 aliphatic heterocycles. The molecule has 1 aromatic heterocycles. The third-order valence-electron chi connectivity index (χ3n) is 1.01. The summed E-state index contributed by atoms with van der Waals surface area (Å²) in [6.07, 6.45) is 13.6. The maximum absolute atomic E-state index is 5.09. The van der Waals surface area contributed by atoms with Gasteiger partial charge in [0.05, 0.1) is 0 Å². The molecule has 0 amide bonds. The van der Waals surface area contributed by atoms with Gasteiger partial charge in [0.1, 0.15) is 0 Å². The lowest BCUT2D eigenvalue weighted by Crippen LogP contribution is -1.77. The topological polar surface area (TPSA) is 4.93 Å². The van der Waals surface area contributed by atoms with E-state index in [2.05, 4.69) is 12.0 Å². The number of nitrogens with zero attached hydrogens (tertiary/aromatic N) is 1. The highest BCUT2D eigenvalue weighted by molar-refractivity contribution is 5.30. The molecule has 0 aromatic carbocycles. The highest BCUT2D eigenvalue weighted by atomic mass is 14.9. The fourth-order valence-corrected chi connectivity index (χ4v) is 0.562. The largest absolute Gasteiger partial charge is 0.283 e. The quantitative estimate of drug-likeness (QED) is 0.443. The molecule has 0 unspecified atom stereocenters. The molecule has 1 heterocycles. The Kier molecular flexibility index (Phi) is 1.30. The van der Waals surface area contributed by atoms with Crippen molar-refractivity contribution in [1.82, 2.24) is 4.57 Å². The molecule has 1 aromatic rings. The number of terminal acetylenes is 2. The molecule has 1 nitrogen and oxygen atoms in total. The Morgan fingerprint density at radius 2 is 2.22 bits per heavy atom. The molecule has 0 fully saturated rings. The molecule has 9 heavy (non-hydrogen) atoms. The van der Waals surface area contributed by atoms with E-state index in [-0.39, 0.29) is 0 Å². The zero-order valence-corrected chi connectivity index (χ0v) is 4.83. The van der Waals surface area contributed by atoms with E-state index in [1.807, 2.05) is 0 Å². The Morgan fingerprint density at radius 3 is 2.56 bits per heavy atom. The van der Waals surface area contributed by atoms with Gasteiger partial charge in [-0.2, -0.15) is 0 Å². The normalized spacial score (nSPS) is 7.78. The van der Waals surface area contributed by atoms with Crippen molar-refractivity contribution in [3.8, 4) is 24.8 Å². The number of hydrogen-bond donors (Lipinski definition) is 0. The van der Waals surface area contributed by atoms with E-state index in [1.165, 1.54) is 0 Å². The molecule has 0 saturated heterocycles. The first kappa shape index (κ1) is 5.54. The molecule has 0 aliphatic carbocycles. The zero-order chi connectivity index (χ0) is 6.69. The smallest absolute Gasteiger partial charge is 0.0431 e. The first-order valence-corrected chi connectivity index (χ1v) is 2.48. The standard InChI is InChI=1S/C8H5N/c1-3-8-5-6-9(4-2)7-8/h1-2,5-7H. The highest BCUT2D eigenvalue weighted by Gasteiger charge is 1.86. The van der Waals surface area contributed by atoms with Crippen LogP contribution < -0.4 is 0 Å². The van der Waals surface area contributed by atoms with E-state index in [4.69, 9.17) is 12.8 Å². The Balaban J connectivity index is 3.08. The van der Waals surface area contributed by atoms with Gasteiger partial charge in [-0.05, 0) is 6.07 Å². The van der Waals surface area contributed by atoms with E-state index < -0.39 is 0 Å². The van der Waals surface area contributed by atoms with Crippen LogP contribution in [0.2, 0.25) is 0 Å². The van der Waals surface area contributed by atoms with Crippen molar-refractivity contribution in [2.75, 3.05) is 0 Å². The maximum atomic E-state index is 5.09. The molecule has 0 aliphatic rings. The first-order chi connectivity index (χ1) is 4.36. The van der Waals surface area contributed by atoms with E-state index in [1.54, 1.807) is 23.0 Å². The summed E-state index contributed by atoms with van der Waals surface area (Å²) in [4.78, 5) is 0. The molecule has 0 radical (unpaired) electrons. The summed E-state index contributed by atoms with van der Waals surface area (Å²) in [6, 6.07) is 4.19. The Bertz CT molecular complexity index is 252. The van der Waals surface area contributed by atoms with Crippen LogP contribution in [-0.4, -0.2) is 4.57 Å². The van der Waals surface area contributed by atoms with Crippen LogP contribution in [-0.2, 0) is 0 Å². The number of rotatable bonds is 0. The van der Waals surface area contributed by atoms with Gasteiger partial charge in [-0.1, -0.05) is 12.3 Å². The molecule has 0 N–H and O–H groups in total. The predicted octanol–water partition coefficient (Wildman–Crippen LogP) is 0.908. The predicted molar refractivity (Wildman–Crippen MR) is 36.6 cm³/mol. The van der Waals surface area contributed by atoms with Gasteiger partial charge >= 0.3 is 0 Å². The zero-order valence-electron chi connectivity index (χ0n) is 4.83. The van der Waals surface area contributed by atoms with E-state index in [0.717, 1.165) is 5.56 Å². The lowest BCUT2D eigenvalue weighted by molar-refractivity contribution is 1.15. The van der Waals surface area contributed by atoms with Crippen LogP contribution in [0.1, 0.15) is 5.56 Å². The van der Waals surface area contributed by atoms with Crippen LogP contribution in [0.15, 0.2) is 18.5 Å². The maximum Gasteiger partial charge on any atom is 0.0431 e. The lowest BCUT2D eigenvalue weighted by atomic mass is 10.4. The Labute approximate surface area is 54.3 Å². The molecule has 0 atom stereocenters. The van der Waals surface area contributed by atoms with Gasteiger partial charge in [0, 0.05) is 24.0 Å². The second-order valence-electron chi connectivity index (χ2n) is 1.58. The lowest BCUT2D eigenvalue weighted by Gasteiger charge is -1.80. The molecule has 1 heteroatoms. The summed E-state index contributed by atoms with van der Waals surface area (Å²) in [6.45, 7) is 0. The third kappa shape index (κ3) is 0.953. The van der Waals surface area contributed by atoms with E-state index >= 15 is 0 Å². The van der Waals surface area contributed by atoms with Crippen LogP contribution in [0.3, 0.4) is 0 Å². The Morgan fingerprint density at radius 1 is 1.44 bits per heavy atom. The van der Waals surface area contributed by atoms with Crippen molar-refractivity contribution in [2.24, 2.45) is 0 Å². The summed E-state index contributed by atoms with van der Waals surface area (Å²) in [5.41, 5.74) is 0.813. The third-order valence-corrected chi connectivity index (χ3v) is 1.01. The molecular formula is C8H5N. The molecule has 1 rings (SSSR count). The van der Waals surface area contributed by atoms with Crippen LogP contribution in [0.25, 0.3) is 0 Å². The average molecular weight is 115 g/mol. The van der Waals surface area contributed by atoms with Crippen molar-refractivity contribution in [1.29, 1.82) is 0 Å². The number of hydrogen-bond acceptors (Lipinski definition) is 0. The molecular weight excluding hydrogens is 110 g/mol. The molecule has 0 spiro atoms. The molecule has 42 valence electrons. The van der Waals surface area contributed by atoms with Crippen molar-refractivity contribution in [3.05, 3.63) is 24.0 Å². The molecule has 0 saturated carbocycles. The van der Waals surface area contributed by atoms with Crippen molar-refractivity contribution in [3.63, 3.8) is 0 Å². The van der Waals surface area contributed by atoms with Crippen LogP contribution in [0.4, 0.5) is 0 Å². The minimum atomic E-state index is 0.813. The average Bonchev–Trinajstić information content (AvgIpc) is 2.34. The van der Waals surface area contributed by atoms with E-state index in [0.29, 0.717) is 0 Å². The van der Waals surface area contributed by atoms with Gasteiger partial charge < -0.3 is 0 Å². The second kappa shape index (κ2) is 2.11. The summed E-state index contributed by atoms with van der Waals surface area (Å²) in [7, 11) is 0.